The average Bonchev–Trinajstić information content (AvgIpc) is 3.17. The lowest BCUT2D eigenvalue weighted by Crippen LogP contribution is -2.41. The van der Waals surface area contributed by atoms with Gasteiger partial charge in [0.05, 0.1) is 29.7 Å². The average molecular weight is 497 g/mol. The van der Waals surface area contributed by atoms with Crippen molar-refractivity contribution in [3.05, 3.63) is 52.4 Å². The molecule has 0 fully saturated rings. The standard InChI is InChI=1S/C21H21ClN2O6S2/c1-4-30-17-7-6-15(11-16(17)22)32(27,28)24-12(2)20(25)23-14-5-8-18-13(9-14)10-19(31-18)21(26)29-3/h5-12,24H,4H2,1-3H3,(H,23,25). The fraction of sp³-hybridized carbons (Fsp3) is 0.238. The van der Waals surface area contributed by atoms with Crippen LogP contribution >= 0.6 is 22.9 Å². The summed E-state index contributed by atoms with van der Waals surface area (Å²) in [5.41, 5.74) is 0.465. The number of amides is 1. The Balaban J connectivity index is 1.71. The van der Waals surface area contributed by atoms with Gasteiger partial charge < -0.3 is 14.8 Å². The topological polar surface area (TPSA) is 111 Å². The van der Waals surface area contributed by atoms with Gasteiger partial charge in [-0.05, 0) is 61.7 Å². The Bertz CT molecular complexity index is 1270. The summed E-state index contributed by atoms with van der Waals surface area (Å²) in [4.78, 5) is 24.6. The minimum absolute atomic E-state index is 0.0827. The highest BCUT2D eigenvalue weighted by Crippen LogP contribution is 2.29. The first-order valence-corrected chi connectivity index (χ1v) is 12.2. The molecule has 0 aliphatic heterocycles. The number of anilines is 1. The van der Waals surface area contributed by atoms with Crippen molar-refractivity contribution in [3.8, 4) is 5.75 Å². The fourth-order valence-electron chi connectivity index (χ4n) is 2.85. The number of hydrogen-bond donors (Lipinski definition) is 2. The van der Waals surface area contributed by atoms with Crippen LogP contribution in [0.3, 0.4) is 0 Å². The zero-order valence-electron chi connectivity index (χ0n) is 17.5. The monoisotopic (exact) mass is 496 g/mol. The number of halogens is 1. The molecule has 3 rings (SSSR count). The molecule has 1 amide bonds. The first-order valence-electron chi connectivity index (χ1n) is 9.52. The number of methoxy groups -OCH3 is 1. The van der Waals surface area contributed by atoms with E-state index >= 15 is 0 Å². The first kappa shape index (κ1) is 24.0. The lowest BCUT2D eigenvalue weighted by atomic mass is 10.2. The molecule has 0 aliphatic carbocycles. The van der Waals surface area contributed by atoms with E-state index in [0.717, 1.165) is 10.1 Å². The molecule has 8 nitrogen and oxygen atoms in total. The molecule has 32 heavy (non-hydrogen) atoms. The second kappa shape index (κ2) is 9.86. The number of ether oxygens (including phenoxy) is 2. The van der Waals surface area contributed by atoms with Crippen molar-refractivity contribution in [1.82, 2.24) is 4.72 Å². The van der Waals surface area contributed by atoms with Gasteiger partial charge in [0.15, 0.2) is 0 Å². The third-order valence-electron chi connectivity index (χ3n) is 4.41. The van der Waals surface area contributed by atoms with E-state index < -0.39 is 27.9 Å². The lowest BCUT2D eigenvalue weighted by molar-refractivity contribution is -0.117. The highest BCUT2D eigenvalue weighted by Gasteiger charge is 2.23. The molecule has 1 heterocycles. The summed E-state index contributed by atoms with van der Waals surface area (Å²) in [5, 5.41) is 3.58. The number of rotatable bonds is 8. The zero-order chi connectivity index (χ0) is 23.5. The van der Waals surface area contributed by atoms with Gasteiger partial charge >= 0.3 is 5.97 Å². The number of sulfonamides is 1. The van der Waals surface area contributed by atoms with Crippen molar-refractivity contribution in [2.24, 2.45) is 0 Å². The molecule has 11 heteroatoms. The highest BCUT2D eigenvalue weighted by atomic mass is 35.5. The van der Waals surface area contributed by atoms with Crippen LogP contribution in [0, 0.1) is 0 Å². The van der Waals surface area contributed by atoms with Crippen molar-refractivity contribution >= 4 is 60.6 Å². The first-order chi connectivity index (χ1) is 15.1. The number of benzene rings is 2. The number of hydrogen-bond acceptors (Lipinski definition) is 7. The summed E-state index contributed by atoms with van der Waals surface area (Å²) in [6, 6.07) is 9.82. The molecule has 170 valence electrons. The van der Waals surface area contributed by atoms with Gasteiger partial charge in [-0.1, -0.05) is 11.6 Å². The van der Waals surface area contributed by atoms with Crippen LogP contribution in [0.5, 0.6) is 5.75 Å². The predicted molar refractivity (Wildman–Crippen MR) is 124 cm³/mol. The van der Waals surface area contributed by atoms with Crippen LogP contribution in [-0.2, 0) is 19.6 Å². The maximum atomic E-state index is 12.7. The quantitative estimate of drug-likeness (QED) is 0.455. The van der Waals surface area contributed by atoms with Crippen LogP contribution in [0.2, 0.25) is 5.02 Å². The van der Waals surface area contributed by atoms with Crippen LogP contribution in [0.1, 0.15) is 23.5 Å². The molecule has 0 spiro atoms. The van der Waals surface area contributed by atoms with E-state index in [1.807, 2.05) is 0 Å². The zero-order valence-corrected chi connectivity index (χ0v) is 19.9. The van der Waals surface area contributed by atoms with Gasteiger partial charge in [-0.2, -0.15) is 4.72 Å². The van der Waals surface area contributed by atoms with Crippen LogP contribution in [0.4, 0.5) is 5.69 Å². The van der Waals surface area contributed by atoms with Gasteiger partial charge in [0.1, 0.15) is 10.6 Å². The van der Waals surface area contributed by atoms with Crippen LogP contribution < -0.4 is 14.8 Å². The molecule has 1 unspecified atom stereocenters. The smallest absolute Gasteiger partial charge is 0.348 e. The Kier molecular flexibility index (Phi) is 7.40. The molecular formula is C21H21ClN2O6S2. The SMILES string of the molecule is CCOc1ccc(S(=O)(=O)NC(C)C(=O)Nc2ccc3sc(C(=O)OC)cc3c2)cc1Cl. The number of esters is 1. The molecule has 1 aromatic heterocycles. The number of carbonyl (C=O) groups is 2. The van der Waals surface area contributed by atoms with Crippen LogP contribution in [0.15, 0.2) is 47.4 Å². The van der Waals surface area contributed by atoms with Gasteiger partial charge in [-0.15, -0.1) is 11.3 Å². The van der Waals surface area contributed by atoms with Crippen molar-refractivity contribution < 1.29 is 27.5 Å². The highest BCUT2D eigenvalue weighted by molar-refractivity contribution is 7.89. The summed E-state index contributed by atoms with van der Waals surface area (Å²) in [5.74, 6) is -0.610. The van der Waals surface area contributed by atoms with E-state index in [1.165, 1.54) is 43.6 Å². The van der Waals surface area contributed by atoms with Crippen molar-refractivity contribution in [3.63, 3.8) is 0 Å². The third-order valence-corrected chi connectivity index (χ3v) is 7.34. The molecule has 3 aromatic rings. The van der Waals surface area contributed by atoms with E-state index in [9.17, 15) is 18.0 Å². The molecule has 0 aliphatic rings. The second-order valence-electron chi connectivity index (χ2n) is 6.71. The van der Waals surface area contributed by atoms with Gasteiger partial charge in [-0.25, -0.2) is 13.2 Å². The predicted octanol–water partition coefficient (Wildman–Crippen LogP) is 4.05. The Morgan fingerprint density at radius 1 is 1.16 bits per heavy atom. The molecular weight excluding hydrogens is 476 g/mol. The Hall–Kier alpha value is -2.66. The van der Waals surface area contributed by atoms with E-state index in [2.05, 4.69) is 10.0 Å². The van der Waals surface area contributed by atoms with E-state index in [0.29, 0.717) is 22.9 Å². The minimum atomic E-state index is -4.00. The minimum Gasteiger partial charge on any atom is -0.492 e. The van der Waals surface area contributed by atoms with Gasteiger partial charge in [-0.3, -0.25) is 4.79 Å². The van der Waals surface area contributed by atoms with Gasteiger partial charge in [0.25, 0.3) is 0 Å². The van der Waals surface area contributed by atoms with Crippen LogP contribution in [0.25, 0.3) is 10.1 Å². The van der Waals surface area contributed by atoms with E-state index in [1.54, 1.807) is 31.2 Å². The summed E-state index contributed by atoms with van der Waals surface area (Å²) >= 11 is 7.35. The third kappa shape index (κ3) is 5.39. The fourth-order valence-corrected chi connectivity index (χ4v) is 5.34. The number of nitrogens with one attached hydrogen (secondary N) is 2. The molecule has 0 saturated carbocycles. The lowest BCUT2D eigenvalue weighted by Gasteiger charge is -2.15. The number of thiophene rings is 1. The van der Waals surface area contributed by atoms with Crippen molar-refractivity contribution in [1.29, 1.82) is 0 Å². The summed E-state index contributed by atoms with van der Waals surface area (Å²) in [7, 11) is -2.69. The van der Waals surface area contributed by atoms with E-state index in [-0.39, 0.29) is 9.92 Å². The van der Waals surface area contributed by atoms with Crippen LogP contribution in [-0.4, -0.2) is 40.1 Å². The van der Waals surface area contributed by atoms with Crippen molar-refractivity contribution in [2.75, 3.05) is 19.0 Å². The molecule has 2 aromatic carbocycles. The molecule has 1 atom stereocenters. The largest absolute Gasteiger partial charge is 0.492 e. The molecule has 0 bridgehead atoms. The van der Waals surface area contributed by atoms with Gasteiger partial charge in [0.2, 0.25) is 15.9 Å². The molecule has 0 radical (unpaired) electrons. The normalized spacial score (nSPS) is 12.4. The number of carbonyl (C=O) groups excluding carboxylic acids is 2. The van der Waals surface area contributed by atoms with E-state index in [4.69, 9.17) is 21.1 Å². The molecule has 2 N–H and O–H groups in total. The maximum absolute atomic E-state index is 12.7. The van der Waals surface area contributed by atoms with Crippen molar-refractivity contribution in [2.45, 2.75) is 24.8 Å². The molecule has 0 saturated heterocycles. The van der Waals surface area contributed by atoms with Gasteiger partial charge in [0, 0.05) is 10.4 Å². The summed E-state index contributed by atoms with van der Waals surface area (Å²) < 4.78 is 38.5. The Morgan fingerprint density at radius 2 is 1.91 bits per heavy atom. The maximum Gasteiger partial charge on any atom is 0.348 e. The number of fused-ring (bicyclic) bond motifs is 1. The Labute approximate surface area is 194 Å². The Morgan fingerprint density at radius 3 is 2.56 bits per heavy atom. The summed E-state index contributed by atoms with van der Waals surface area (Å²) in [6.07, 6.45) is 0. The second-order valence-corrected chi connectivity index (χ2v) is 9.92. The summed E-state index contributed by atoms with van der Waals surface area (Å²) in [6.45, 7) is 3.61.